The van der Waals surface area contributed by atoms with E-state index >= 15 is 0 Å². The largest absolute Gasteiger partial charge is 0.299 e. The maximum Gasteiger partial charge on any atom is 0.221 e. The number of ketones is 1. The zero-order valence-corrected chi connectivity index (χ0v) is 10.8. The lowest BCUT2D eigenvalue weighted by Gasteiger charge is -2.20. The van der Waals surface area contributed by atoms with Crippen LogP contribution >= 0.6 is 0 Å². The second-order valence-corrected chi connectivity index (χ2v) is 5.77. The van der Waals surface area contributed by atoms with Crippen LogP contribution in [-0.2, 0) is 22.1 Å². The molecule has 1 aliphatic carbocycles. The molecule has 2 rings (SSSR count). The summed E-state index contributed by atoms with van der Waals surface area (Å²) in [6.07, 6.45) is 8.54. The van der Waals surface area contributed by atoms with Crippen LogP contribution in [0.25, 0.3) is 0 Å². The Morgan fingerprint density at radius 1 is 1.47 bits per heavy atom. The van der Waals surface area contributed by atoms with Crippen molar-refractivity contribution in [3.8, 4) is 0 Å². The van der Waals surface area contributed by atoms with Gasteiger partial charge in [0, 0.05) is 12.2 Å². The number of nitrogens with zero attached hydrogens (tertiary/aromatic N) is 3. The Hall–Kier alpha value is -1.04. The van der Waals surface area contributed by atoms with Crippen LogP contribution in [0.1, 0.15) is 32.1 Å². The van der Waals surface area contributed by atoms with E-state index in [9.17, 15) is 9.00 Å². The van der Waals surface area contributed by atoms with Gasteiger partial charge in [0.2, 0.25) is 5.16 Å². The second kappa shape index (κ2) is 5.53. The van der Waals surface area contributed by atoms with E-state index in [1.165, 1.54) is 12.7 Å². The van der Waals surface area contributed by atoms with Gasteiger partial charge in [-0.2, -0.15) is 0 Å². The molecule has 6 heteroatoms. The zero-order valence-electron chi connectivity index (χ0n) is 9.96. The highest BCUT2D eigenvalue weighted by Gasteiger charge is 2.22. The van der Waals surface area contributed by atoms with E-state index in [0.29, 0.717) is 5.16 Å². The van der Waals surface area contributed by atoms with Gasteiger partial charge in [-0.05, 0) is 12.8 Å². The quantitative estimate of drug-likeness (QED) is 0.810. The molecule has 1 aromatic rings. The lowest BCUT2D eigenvalue weighted by Crippen LogP contribution is -2.23. The van der Waals surface area contributed by atoms with E-state index in [0.717, 1.165) is 25.7 Å². The number of aromatic nitrogens is 3. The van der Waals surface area contributed by atoms with Crippen molar-refractivity contribution in [2.45, 2.75) is 43.8 Å². The third kappa shape index (κ3) is 3.00. The number of carbonyl (C=O) groups is 1. The molecule has 1 saturated carbocycles. The average molecular weight is 255 g/mol. The zero-order chi connectivity index (χ0) is 12.3. The third-order valence-corrected chi connectivity index (χ3v) is 4.05. The maximum atomic E-state index is 12.1. The molecular weight excluding hydrogens is 238 g/mol. The van der Waals surface area contributed by atoms with Crippen LogP contribution in [0, 0.1) is 5.92 Å². The van der Waals surface area contributed by atoms with Crippen molar-refractivity contribution in [3.63, 3.8) is 0 Å². The van der Waals surface area contributed by atoms with E-state index in [4.69, 9.17) is 0 Å². The number of hydrogen-bond acceptors (Lipinski definition) is 4. The van der Waals surface area contributed by atoms with E-state index in [1.54, 1.807) is 10.8 Å². The monoisotopic (exact) mass is 255 g/mol. The van der Waals surface area contributed by atoms with E-state index < -0.39 is 10.8 Å². The van der Waals surface area contributed by atoms with Gasteiger partial charge in [0.15, 0.2) is 5.78 Å². The molecular formula is C11H17N3O2S. The summed E-state index contributed by atoms with van der Waals surface area (Å²) in [5.74, 6) is 0.389. The highest BCUT2D eigenvalue weighted by molar-refractivity contribution is 7.84. The Labute approximate surface area is 103 Å². The molecule has 1 heterocycles. The highest BCUT2D eigenvalue weighted by atomic mass is 32.2. The van der Waals surface area contributed by atoms with Crippen molar-refractivity contribution in [2.75, 3.05) is 6.26 Å². The SMILES string of the molecule is C[S@](=O)c1nncn1CC(=O)C1CCCCC1. The van der Waals surface area contributed by atoms with E-state index in [-0.39, 0.29) is 18.2 Å². The fourth-order valence-corrected chi connectivity index (χ4v) is 2.90. The number of carbonyl (C=O) groups excluding carboxylic acids is 1. The van der Waals surface area contributed by atoms with Gasteiger partial charge in [0.1, 0.15) is 6.33 Å². The molecule has 17 heavy (non-hydrogen) atoms. The average Bonchev–Trinajstić information content (AvgIpc) is 2.78. The topological polar surface area (TPSA) is 64.8 Å². The Kier molecular flexibility index (Phi) is 4.04. The van der Waals surface area contributed by atoms with Crippen LogP contribution in [0.15, 0.2) is 11.5 Å². The van der Waals surface area contributed by atoms with E-state index in [1.807, 2.05) is 0 Å². The van der Waals surface area contributed by atoms with Gasteiger partial charge in [-0.25, -0.2) is 0 Å². The van der Waals surface area contributed by atoms with Crippen LogP contribution in [-0.4, -0.2) is 31.0 Å². The third-order valence-electron chi connectivity index (χ3n) is 3.22. The van der Waals surface area contributed by atoms with Crippen LogP contribution in [0.5, 0.6) is 0 Å². The van der Waals surface area contributed by atoms with Crippen LogP contribution in [0.2, 0.25) is 0 Å². The Bertz CT molecular complexity index is 424. The first kappa shape index (κ1) is 12.4. The van der Waals surface area contributed by atoms with Gasteiger partial charge in [-0.3, -0.25) is 13.6 Å². The van der Waals surface area contributed by atoms with Gasteiger partial charge >= 0.3 is 0 Å². The second-order valence-electron chi connectivity index (χ2n) is 4.50. The highest BCUT2D eigenvalue weighted by Crippen LogP contribution is 2.24. The summed E-state index contributed by atoms with van der Waals surface area (Å²) >= 11 is 0. The molecule has 1 atom stereocenters. The van der Waals surface area contributed by atoms with Gasteiger partial charge in [0.25, 0.3) is 0 Å². The summed E-state index contributed by atoms with van der Waals surface area (Å²) in [5, 5.41) is 7.87. The summed E-state index contributed by atoms with van der Waals surface area (Å²) in [6, 6.07) is 0. The maximum absolute atomic E-state index is 12.1. The van der Waals surface area contributed by atoms with Crippen molar-refractivity contribution in [3.05, 3.63) is 6.33 Å². The first-order chi connectivity index (χ1) is 8.18. The van der Waals surface area contributed by atoms with Crippen molar-refractivity contribution < 1.29 is 9.00 Å². The normalized spacial score (nSPS) is 19.1. The molecule has 0 bridgehead atoms. The summed E-state index contributed by atoms with van der Waals surface area (Å²) in [7, 11) is -1.19. The fraction of sp³-hybridized carbons (Fsp3) is 0.727. The summed E-state index contributed by atoms with van der Waals surface area (Å²) in [5.41, 5.74) is 0. The van der Waals surface area contributed by atoms with Crippen molar-refractivity contribution in [2.24, 2.45) is 5.92 Å². The molecule has 0 N–H and O–H groups in total. The molecule has 1 aromatic heterocycles. The molecule has 0 radical (unpaired) electrons. The number of Topliss-reactive ketones (excluding diaryl/α,β-unsaturated/α-hetero) is 1. The molecule has 94 valence electrons. The van der Waals surface area contributed by atoms with Crippen molar-refractivity contribution in [1.82, 2.24) is 14.8 Å². The molecule has 1 aliphatic rings. The molecule has 1 fully saturated rings. The van der Waals surface area contributed by atoms with Gasteiger partial charge in [0.05, 0.1) is 17.3 Å². The first-order valence-electron chi connectivity index (χ1n) is 5.92. The molecule has 0 aromatic carbocycles. The molecule has 0 unspecified atom stereocenters. The lowest BCUT2D eigenvalue weighted by atomic mass is 9.86. The van der Waals surface area contributed by atoms with Crippen molar-refractivity contribution in [1.29, 1.82) is 0 Å². The smallest absolute Gasteiger partial charge is 0.221 e. The molecule has 0 aliphatic heterocycles. The van der Waals surface area contributed by atoms with Gasteiger partial charge in [-0.15, -0.1) is 10.2 Å². The Morgan fingerprint density at radius 2 is 2.18 bits per heavy atom. The molecule has 0 amide bonds. The van der Waals surface area contributed by atoms with Crippen LogP contribution in [0.4, 0.5) is 0 Å². The minimum Gasteiger partial charge on any atom is -0.299 e. The number of rotatable bonds is 4. The Morgan fingerprint density at radius 3 is 2.82 bits per heavy atom. The summed E-state index contributed by atoms with van der Waals surface area (Å²) < 4.78 is 13.0. The van der Waals surface area contributed by atoms with Gasteiger partial charge in [-0.1, -0.05) is 19.3 Å². The Balaban J connectivity index is 2.02. The molecule has 0 saturated heterocycles. The predicted molar refractivity (Wildman–Crippen MR) is 63.9 cm³/mol. The minimum atomic E-state index is -1.19. The standard InChI is InChI=1S/C11H17N3O2S/c1-17(16)11-13-12-8-14(11)7-10(15)9-5-3-2-4-6-9/h8-9H,2-7H2,1H3/t17-/m0/s1. The van der Waals surface area contributed by atoms with Crippen molar-refractivity contribution >= 4 is 16.6 Å². The van der Waals surface area contributed by atoms with E-state index in [2.05, 4.69) is 10.2 Å². The summed E-state index contributed by atoms with van der Waals surface area (Å²) in [4.78, 5) is 12.1. The first-order valence-corrected chi connectivity index (χ1v) is 7.48. The summed E-state index contributed by atoms with van der Waals surface area (Å²) in [6.45, 7) is 0.257. The fourth-order valence-electron chi connectivity index (χ4n) is 2.30. The van der Waals surface area contributed by atoms with Crippen LogP contribution < -0.4 is 0 Å². The molecule has 5 nitrogen and oxygen atoms in total. The van der Waals surface area contributed by atoms with Crippen LogP contribution in [0.3, 0.4) is 0 Å². The predicted octanol–water partition coefficient (Wildman–Crippen LogP) is 1.16. The molecule has 0 spiro atoms. The number of hydrogen-bond donors (Lipinski definition) is 0. The lowest BCUT2D eigenvalue weighted by molar-refractivity contribution is -0.124. The minimum absolute atomic E-state index is 0.171. The van der Waals surface area contributed by atoms with Gasteiger partial charge < -0.3 is 0 Å².